The molecule has 1 fully saturated rings. The molecule has 0 aliphatic carbocycles. The highest BCUT2D eigenvalue weighted by molar-refractivity contribution is 6.10. The molecule has 4 amide bonds. The minimum Gasteiger partial charge on any atom is -0.319 e. The third kappa shape index (κ3) is 3.71. The van der Waals surface area contributed by atoms with Gasteiger partial charge >= 0.3 is 6.03 Å². The molecule has 31 heavy (non-hydrogen) atoms. The molecule has 0 aromatic heterocycles. The number of nitrogens with one attached hydrogen (secondary N) is 1. The predicted octanol–water partition coefficient (Wildman–Crippen LogP) is 3.73. The summed E-state index contributed by atoms with van der Waals surface area (Å²) in [5.41, 5.74) is 2.64. The van der Waals surface area contributed by atoms with Crippen molar-refractivity contribution in [3.8, 4) is 0 Å². The Kier molecular flexibility index (Phi) is 5.12. The van der Waals surface area contributed by atoms with Crippen LogP contribution < -0.4 is 10.2 Å². The number of para-hydroxylation sites is 1. The van der Waals surface area contributed by atoms with Crippen molar-refractivity contribution in [2.75, 3.05) is 18.0 Å². The SMILES string of the molecule is CC(C)(C)c1ccc(C2(C)NC(=O)N(CC(=O)N3CCCc4ccccc43)C2=O)cc1. The van der Waals surface area contributed by atoms with E-state index in [1.165, 1.54) is 0 Å². The minimum absolute atomic E-state index is 0.00838. The van der Waals surface area contributed by atoms with Gasteiger partial charge in [0.25, 0.3) is 5.91 Å². The summed E-state index contributed by atoms with van der Waals surface area (Å²) >= 11 is 0. The number of rotatable bonds is 3. The highest BCUT2D eigenvalue weighted by atomic mass is 16.2. The van der Waals surface area contributed by atoms with Gasteiger partial charge in [-0.15, -0.1) is 0 Å². The number of amides is 4. The van der Waals surface area contributed by atoms with E-state index in [4.69, 9.17) is 0 Å². The number of nitrogens with zero attached hydrogens (tertiary/aromatic N) is 2. The summed E-state index contributed by atoms with van der Waals surface area (Å²) in [6.07, 6.45) is 1.78. The highest BCUT2D eigenvalue weighted by Crippen LogP contribution is 2.32. The second-order valence-corrected chi connectivity index (χ2v) is 9.55. The quantitative estimate of drug-likeness (QED) is 0.771. The van der Waals surface area contributed by atoms with Crippen LogP contribution in [0.1, 0.15) is 50.8 Å². The van der Waals surface area contributed by atoms with Crippen LogP contribution in [0.2, 0.25) is 0 Å². The molecular formula is C25H29N3O3. The lowest BCUT2D eigenvalue weighted by Crippen LogP contribution is -2.46. The van der Waals surface area contributed by atoms with Gasteiger partial charge in [0, 0.05) is 12.2 Å². The monoisotopic (exact) mass is 419 g/mol. The highest BCUT2D eigenvalue weighted by Gasteiger charge is 2.49. The maximum Gasteiger partial charge on any atom is 0.325 e. The first kappa shape index (κ1) is 21.1. The van der Waals surface area contributed by atoms with Gasteiger partial charge in [0.2, 0.25) is 5.91 Å². The summed E-state index contributed by atoms with van der Waals surface area (Å²) in [4.78, 5) is 41.7. The molecule has 2 aliphatic rings. The molecule has 0 spiro atoms. The molecule has 1 atom stereocenters. The Labute approximate surface area is 183 Å². The lowest BCUT2D eigenvalue weighted by molar-refractivity contribution is -0.134. The maximum absolute atomic E-state index is 13.3. The van der Waals surface area contributed by atoms with Gasteiger partial charge in [-0.3, -0.25) is 14.5 Å². The van der Waals surface area contributed by atoms with Crippen LogP contribution in [0.3, 0.4) is 0 Å². The summed E-state index contributed by atoms with van der Waals surface area (Å²) in [6.45, 7) is 8.38. The Hall–Kier alpha value is -3.15. The van der Waals surface area contributed by atoms with Crippen LogP contribution in [0, 0.1) is 0 Å². The number of hydrogen-bond acceptors (Lipinski definition) is 3. The molecule has 4 rings (SSSR count). The Morgan fingerprint density at radius 3 is 2.42 bits per heavy atom. The molecule has 162 valence electrons. The maximum atomic E-state index is 13.3. The predicted molar refractivity (Wildman–Crippen MR) is 120 cm³/mol. The van der Waals surface area contributed by atoms with Crippen LogP contribution in [-0.2, 0) is 27.0 Å². The third-order valence-corrected chi connectivity index (χ3v) is 6.31. The lowest BCUT2D eigenvalue weighted by atomic mass is 9.84. The number of benzene rings is 2. The number of carbonyl (C=O) groups excluding carboxylic acids is 3. The molecule has 0 radical (unpaired) electrons. The molecule has 6 heteroatoms. The summed E-state index contributed by atoms with van der Waals surface area (Å²) in [6, 6.07) is 15.0. The lowest BCUT2D eigenvalue weighted by Gasteiger charge is -2.30. The first-order chi connectivity index (χ1) is 14.6. The van der Waals surface area contributed by atoms with Crippen molar-refractivity contribution in [1.82, 2.24) is 10.2 Å². The minimum atomic E-state index is -1.19. The third-order valence-electron chi connectivity index (χ3n) is 6.31. The van der Waals surface area contributed by atoms with Gasteiger partial charge in [-0.05, 0) is 47.9 Å². The Morgan fingerprint density at radius 1 is 1.06 bits per heavy atom. The van der Waals surface area contributed by atoms with Crippen LogP contribution >= 0.6 is 0 Å². The number of fused-ring (bicyclic) bond motifs is 1. The van der Waals surface area contributed by atoms with Gasteiger partial charge in [0.1, 0.15) is 12.1 Å². The molecule has 2 aromatic rings. The van der Waals surface area contributed by atoms with Crippen LogP contribution in [0.15, 0.2) is 48.5 Å². The average molecular weight is 420 g/mol. The number of hydrogen-bond donors (Lipinski definition) is 1. The zero-order chi connectivity index (χ0) is 22.4. The number of anilines is 1. The zero-order valence-corrected chi connectivity index (χ0v) is 18.6. The van der Waals surface area contributed by atoms with Gasteiger partial charge in [0.15, 0.2) is 0 Å². The van der Waals surface area contributed by atoms with Crippen LogP contribution in [0.4, 0.5) is 10.5 Å². The summed E-state index contributed by atoms with van der Waals surface area (Å²) in [5, 5.41) is 2.80. The van der Waals surface area contributed by atoms with Gasteiger partial charge in [-0.1, -0.05) is 63.2 Å². The summed E-state index contributed by atoms with van der Waals surface area (Å²) < 4.78 is 0. The van der Waals surface area contributed by atoms with Crippen LogP contribution in [0.25, 0.3) is 0 Å². The van der Waals surface area contributed by atoms with Gasteiger partial charge < -0.3 is 10.2 Å². The Bertz CT molecular complexity index is 1040. The largest absolute Gasteiger partial charge is 0.325 e. The molecule has 1 saturated heterocycles. The number of carbonyl (C=O) groups is 3. The molecule has 6 nitrogen and oxygen atoms in total. The van der Waals surface area contributed by atoms with E-state index in [0.717, 1.165) is 34.6 Å². The van der Waals surface area contributed by atoms with Gasteiger partial charge in [-0.25, -0.2) is 4.79 Å². The molecule has 2 aromatic carbocycles. The van der Waals surface area contributed by atoms with Crippen LogP contribution in [-0.4, -0.2) is 35.8 Å². The van der Waals surface area contributed by atoms with Crippen LogP contribution in [0.5, 0.6) is 0 Å². The average Bonchev–Trinajstić information content (AvgIpc) is 2.96. The number of aryl methyl sites for hydroxylation is 1. The fourth-order valence-electron chi connectivity index (χ4n) is 4.35. The topological polar surface area (TPSA) is 69.7 Å². The fourth-order valence-corrected chi connectivity index (χ4v) is 4.35. The van der Waals surface area contributed by atoms with Crippen molar-refractivity contribution in [2.24, 2.45) is 0 Å². The van der Waals surface area contributed by atoms with E-state index in [-0.39, 0.29) is 17.9 Å². The first-order valence-corrected chi connectivity index (χ1v) is 10.7. The van der Waals surface area contributed by atoms with Crippen molar-refractivity contribution in [2.45, 2.75) is 51.5 Å². The van der Waals surface area contributed by atoms with Crippen molar-refractivity contribution in [1.29, 1.82) is 0 Å². The summed E-state index contributed by atoms with van der Waals surface area (Å²) in [5.74, 6) is -0.650. The molecule has 1 unspecified atom stereocenters. The molecular weight excluding hydrogens is 390 g/mol. The fraction of sp³-hybridized carbons (Fsp3) is 0.400. The summed E-state index contributed by atoms with van der Waals surface area (Å²) in [7, 11) is 0. The van der Waals surface area contributed by atoms with E-state index >= 15 is 0 Å². The second-order valence-electron chi connectivity index (χ2n) is 9.55. The van der Waals surface area contributed by atoms with Crippen molar-refractivity contribution >= 4 is 23.5 Å². The number of urea groups is 1. The van der Waals surface area contributed by atoms with E-state index in [0.29, 0.717) is 12.1 Å². The van der Waals surface area contributed by atoms with E-state index in [1.807, 2.05) is 48.5 Å². The molecule has 0 saturated carbocycles. The normalized spacial score (nSPS) is 21.2. The standard InChI is InChI=1S/C25H29N3O3/c1-24(2,3)18-11-13-19(14-12-18)25(4)22(30)28(23(31)26-25)16-21(29)27-15-7-9-17-8-5-6-10-20(17)27/h5-6,8,10-14H,7,9,15-16H2,1-4H3,(H,26,31). The second kappa shape index (κ2) is 7.52. The van der Waals surface area contributed by atoms with Crippen molar-refractivity contribution in [3.63, 3.8) is 0 Å². The van der Waals surface area contributed by atoms with E-state index in [1.54, 1.807) is 11.8 Å². The smallest absolute Gasteiger partial charge is 0.319 e. The first-order valence-electron chi connectivity index (χ1n) is 10.7. The molecule has 2 aliphatic heterocycles. The zero-order valence-electron chi connectivity index (χ0n) is 18.6. The Morgan fingerprint density at radius 2 is 1.74 bits per heavy atom. The molecule has 2 heterocycles. The van der Waals surface area contributed by atoms with Crippen molar-refractivity contribution in [3.05, 3.63) is 65.2 Å². The Balaban J connectivity index is 1.54. The molecule has 1 N–H and O–H groups in total. The van der Waals surface area contributed by atoms with E-state index in [9.17, 15) is 14.4 Å². The van der Waals surface area contributed by atoms with E-state index in [2.05, 4.69) is 26.1 Å². The van der Waals surface area contributed by atoms with Gasteiger partial charge in [-0.2, -0.15) is 0 Å². The van der Waals surface area contributed by atoms with Gasteiger partial charge in [0.05, 0.1) is 0 Å². The van der Waals surface area contributed by atoms with E-state index < -0.39 is 17.5 Å². The number of imide groups is 1. The molecule has 0 bridgehead atoms. The van der Waals surface area contributed by atoms with Crippen molar-refractivity contribution < 1.29 is 14.4 Å².